The van der Waals surface area contributed by atoms with E-state index in [-0.39, 0.29) is 29.5 Å². The van der Waals surface area contributed by atoms with Gasteiger partial charge in [-0.25, -0.2) is 4.79 Å². The highest BCUT2D eigenvalue weighted by atomic mass is 16.5. The summed E-state index contributed by atoms with van der Waals surface area (Å²) in [6.45, 7) is 2.00. The first kappa shape index (κ1) is 18.0. The van der Waals surface area contributed by atoms with Gasteiger partial charge >= 0.3 is 5.91 Å². The van der Waals surface area contributed by atoms with Crippen molar-refractivity contribution >= 4 is 11.8 Å². The minimum atomic E-state index is -0.169. The van der Waals surface area contributed by atoms with Gasteiger partial charge in [0, 0.05) is 20.8 Å². The molecule has 0 aliphatic carbocycles. The van der Waals surface area contributed by atoms with Crippen molar-refractivity contribution in [1.29, 1.82) is 0 Å². The molecule has 0 saturated carbocycles. The molecule has 0 rings (SSSR count). The fourth-order valence-corrected chi connectivity index (χ4v) is 1.26. The highest BCUT2D eigenvalue weighted by Gasteiger charge is 2.25. The van der Waals surface area contributed by atoms with Gasteiger partial charge in [0.25, 0.3) is 0 Å². The summed E-state index contributed by atoms with van der Waals surface area (Å²) in [5.74, 6) is -0.169. The number of ether oxygens (including phenoxy) is 3. The predicted octanol–water partition coefficient (Wildman–Crippen LogP) is -0.985. The van der Waals surface area contributed by atoms with Crippen molar-refractivity contribution < 1.29 is 28.3 Å². The molecule has 112 valence electrons. The molecule has 7 heteroatoms. The summed E-state index contributed by atoms with van der Waals surface area (Å²) in [6.07, 6.45) is 0. The third-order valence-electron chi connectivity index (χ3n) is 2.58. The third-order valence-corrected chi connectivity index (χ3v) is 2.58. The van der Waals surface area contributed by atoms with E-state index in [0.717, 1.165) is 0 Å². The first-order valence-electron chi connectivity index (χ1n) is 6.12. The second-order valence-corrected chi connectivity index (χ2v) is 4.63. The van der Waals surface area contributed by atoms with Crippen LogP contribution in [0, 0.1) is 0 Å². The molecule has 0 spiro atoms. The Bertz CT molecular complexity index is 281. The topological polar surface area (TPSA) is 73.9 Å². The van der Waals surface area contributed by atoms with Crippen LogP contribution >= 0.6 is 0 Å². The number of amides is 2. The molecule has 0 radical (unpaired) electrons. The smallest absolute Gasteiger partial charge is 0.339 e. The number of hydrogen-bond acceptors (Lipinski definition) is 5. The molecule has 0 aromatic carbocycles. The van der Waals surface area contributed by atoms with E-state index in [1.165, 1.54) is 14.2 Å². The monoisotopic (exact) mass is 277 g/mol. The van der Waals surface area contributed by atoms with E-state index in [2.05, 4.69) is 10.1 Å². The van der Waals surface area contributed by atoms with Gasteiger partial charge in [0.15, 0.2) is 6.61 Å². The quantitative estimate of drug-likeness (QED) is 0.410. The standard InChI is InChI=1S/C12H24N2O5/c1-14(2,12(16)10-18-4)6-8-19-7-5-13-11(15)9-17-3/h5-10H2,1-4H3/p+1. The van der Waals surface area contributed by atoms with Crippen LogP contribution in [0.3, 0.4) is 0 Å². The zero-order valence-electron chi connectivity index (χ0n) is 12.2. The van der Waals surface area contributed by atoms with E-state index >= 15 is 0 Å². The van der Waals surface area contributed by atoms with E-state index in [1.54, 1.807) is 0 Å². The number of quaternary nitrogens is 1. The van der Waals surface area contributed by atoms with Crippen molar-refractivity contribution in [2.75, 3.05) is 67.8 Å². The lowest BCUT2D eigenvalue weighted by atomic mass is 10.4. The molecule has 0 aromatic rings. The molecule has 0 unspecified atom stereocenters. The number of rotatable bonds is 10. The molecule has 0 fully saturated rings. The molecule has 0 atom stereocenters. The minimum absolute atomic E-state index is 0.000465. The number of nitrogens with zero attached hydrogens (tertiary/aromatic N) is 1. The number of likely N-dealkylation sites (N-methyl/N-ethyl adjacent to an activating group) is 1. The molecule has 2 amide bonds. The molecule has 0 heterocycles. The van der Waals surface area contributed by atoms with Gasteiger partial charge in [0.1, 0.15) is 13.2 Å². The number of carbonyl (C=O) groups excluding carboxylic acids is 2. The number of methoxy groups -OCH3 is 2. The number of hydrogen-bond donors (Lipinski definition) is 1. The SMILES string of the molecule is COCC(=O)NCCOCC[N+](C)(C)C(=O)COC. The Hall–Kier alpha value is -1.02. The maximum Gasteiger partial charge on any atom is 0.339 e. The van der Waals surface area contributed by atoms with E-state index in [9.17, 15) is 9.59 Å². The maximum atomic E-state index is 11.7. The first-order chi connectivity index (χ1) is 8.94. The molecular formula is C12H25N2O5+. The Morgan fingerprint density at radius 1 is 1.05 bits per heavy atom. The van der Waals surface area contributed by atoms with Gasteiger partial charge in [0.2, 0.25) is 5.91 Å². The molecule has 7 nitrogen and oxygen atoms in total. The van der Waals surface area contributed by atoms with Crippen LogP contribution in [0.15, 0.2) is 0 Å². The van der Waals surface area contributed by atoms with Gasteiger partial charge in [-0.05, 0) is 0 Å². The Morgan fingerprint density at radius 2 is 1.68 bits per heavy atom. The molecule has 19 heavy (non-hydrogen) atoms. The van der Waals surface area contributed by atoms with Crippen LogP contribution in [0.2, 0.25) is 0 Å². The Kier molecular flexibility index (Phi) is 9.32. The van der Waals surface area contributed by atoms with Crippen LogP contribution in [-0.4, -0.2) is 84.1 Å². The molecule has 0 aliphatic rings. The van der Waals surface area contributed by atoms with Crippen molar-refractivity contribution in [3.8, 4) is 0 Å². The second-order valence-electron chi connectivity index (χ2n) is 4.63. The van der Waals surface area contributed by atoms with Gasteiger partial charge < -0.3 is 19.5 Å². The van der Waals surface area contributed by atoms with Gasteiger partial charge in [-0.3, -0.25) is 9.28 Å². The van der Waals surface area contributed by atoms with Crippen LogP contribution < -0.4 is 5.32 Å². The van der Waals surface area contributed by atoms with E-state index in [1.807, 2.05) is 14.1 Å². The van der Waals surface area contributed by atoms with Crippen LogP contribution in [0.1, 0.15) is 0 Å². The highest BCUT2D eigenvalue weighted by Crippen LogP contribution is 1.98. The van der Waals surface area contributed by atoms with Crippen molar-refractivity contribution in [3.05, 3.63) is 0 Å². The summed E-state index contributed by atoms with van der Waals surface area (Å²) in [5.41, 5.74) is 0. The van der Waals surface area contributed by atoms with Crippen molar-refractivity contribution in [3.63, 3.8) is 0 Å². The molecule has 0 saturated heterocycles. The van der Waals surface area contributed by atoms with Gasteiger partial charge in [-0.1, -0.05) is 0 Å². The molecular weight excluding hydrogens is 252 g/mol. The van der Waals surface area contributed by atoms with E-state index in [0.29, 0.717) is 26.3 Å². The second kappa shape index (κ2) is 9.85. The fourth-order valence-electron chi connectivity index (χ4n) is 1.26. The molecule has 0 aliphatic heterocycles. The van der Waals surface area contributed by atoms with Gasteiger partial charge in [-0.2, -0.15) is 0 Å². The van der Waals surface area contributed by atoms with Crippen molar-refractivity contribution in [2.45, 2.75) is 0 Å². The van der Waals surface area contributed by atoms with Crippen LogP contribution in [0.5, 0.6) is 0 Å². The van der Waals surface area contributed by atoms with Crippen LogP contribution in [-0.2, 0) is 23.8 Å². The summed E-state index contributed by atoms with van der Waals surface area (Å²) in [6, 6.07) is 0. The Morgan fingerprint density at radius 3 is 2.26 bits per heavy atom. The fraction of sp³-hybridized carbons (Fsp3) is 0.833. The Labute approximate surface area is 114 Å². The van der Waals surface area contributed by atoms with Gasteiger partial charge in [-0.15, -0.1) is 0 Å². The molecule has 0 aromatic heterocycles. The summed E-state index contributed by atoms with van der Waals surface area (Å²) >= 11 is 0. The summed E-state index contributed by atoms with van der Waals surface area (Å²) in [7, 11) is 6.58. The van der Waals surface area contributed by atoms with Gasteiger partial charge in [0.05, 0.1) is 27.3 Å². The van der Waals surface area contributed by atoms with Crippen molar-refractivity contribution in [2.24, 2.45) is 0 Å². The zero-order valence-corrected chi connectivity index (χ0v) is 12.2. The largest absolute Gasteiger partial charge is 0.375 e. The number of carbonyl (C=O) groups is 2. The summed E-state index contributed by atoms with van der Waals surface area (Å²) in [5, 5.41) is 2.64. The molecule has 1 N–H and O–H groups in total. The van der Waals surface area contributed by atoms with E-state index < -0.39 is 0 Å². The lowest BCUT2D eigenvalue weighted by Gasteiger charge is -2.26. The average molecular weight is 277 g/mol. The van der Waals surface area contributed by atoms with Crippen LogP contribution in [0.4, 0.5) is 0 Å². The van der Waals surface area contributed by atoms with E-state index in [4.69, 9.17) is 9.47 Å². The zero-order chi connectivity index (χ0) is 14.7. The lowest BCUT2D eigenvalue weighted by molar-refractivity contribution is -0.814. The predicted molar refractivity (Wildman–Crippen MR) is 69.6 cm³/mol. The lowest BCUT2D eigenvalue weighted by Crippen LogP contribution is -2.49. The van der Waals surface area contributed by atoms with Crippen molar-refractivity contribution in [1.82, 2.24) is 5.32 Å². The maximum absolute atomic E-state index is 11.7. The first-order valence-corrected chi connectivity index (χ1v) is 6.12. The summed E-state index contributed by atoms with van der Waals surface area (Å²) < 4.78 is 15.1. The highest BCUT2D eigenvalue weighted by molar-refractivity contribution is 5.77. The third kappa shape index (κ3) is 8.66. The summed E-state index contributed by atoms with van der Waals surface area (Å²) in [4.78, 5) is 22.7. The van der Waals surface area contributed by atoms with Crippen LogP contribution in [0.25, 0.3) is 0 Å². The normalized spacial score (nSPS) is 11.4. The Balaban J connectivity index is 3.63. The molecule has 0 bridgehead atoms. The number of nitrogens with one attached hydrogen (secondary N) is 1. The minimum Gasteiger partial charge on any atom is -0.375 e. The average Bonchev–Trinajstić information content (AvgIpc) is 2.34.